The van der Waals surface area contributed by atoms with Crippen molar-refractivity contribution in [1.82, 2.24) is 0 Å². The molecule has 0 bridgehead atoms. The third-order valence-corrected chi connectivity index (χ3v) is 6.56. The Morgan fingerprint density at radius 1 is 0.973 bits per heavy atom. The predicted molar refractivity (Wildman–Crippen MR) is 133 cm³/mol. The fourth-order valence-electron chi connectivity index (χ4n) is 3.77. The van der Waals surface area contributed by atoms with Crippen molar-refractivity contribution < 1.29 is 53.4 Å². The number of benzene rings is 1. The number of nitrogens with one attached hydrogen (secondary N) is 1. The summed E-state index contributed by atoms with van der Waals surface area (Å²) in [6, 6.07) is 6.36. The lowest BCUT2D eigenvalue weighted by atomic mass is 9.79. The highest BCUT2D eigenvalue weighted by molar-refractivity contribution is 7.51. The van der Waals surface area contributed by atoms with Gasteiger partial charge in [-0.15, -0.1) is 6.42 Å². The molecule has 12 nitrogen and oxygen atoms in total. The van der Waals surface area contributed by atoms with E-state index in [0.717, 1.165) is 0 Å². The summed E-state index contributed by atoms with van der Waals surface area (Å²) in [5.41, 5.74) is 0.520. The highest BCUT2D eigenvalue weighted by Gasteiger charge is 2.44. The van der Waals surface area contributed by atoms with Crippen molar-refractivity contribution in [2.75, 3.05) is 51.1 Å². The minimum Gasteiger partial charge on any atom is -0.488 e. The summed E-state index contributed by atoms with van der Waals surface area (Å²) >= 11 is 0. The van der Waals surface area contributed by atoms with Gasteiger partial charge in [0.1, 0.15) is 30.7 Å². The third-order valence-electron chi connectivity index (χ3n) is 5.72. The van der Waals surface area contributed by atoms with Gasteiger partial charge in [0.25, 0.3) is 0 Å². The normalized spacial score (nSPS) is 23.8. The first-order valence-corrected chi connectivity index (χ1v) is 13.7. The first-order valence-electron chi connectivity index (χ1n) is 11.9. The molecule has 2 rings (SSSR count). The van der Waals surface area contributed by atoms with Gasteiger partial charge in [0.15, 0.2) is 0 Å². The maximum absolute atomic E-state index is 12.1. The summed E-state index contributed by atoms with van der Waals surface area (Å²) in [4.78, 5) is 30.3. The van der Waals surface area contributed by atoms with Gasteiger partial charge in [0, 0.05) is 5.69 Å². The third kappa shape index (κ3) is 11.9. The standard InChI is InChI=1S/C24H36NO11P/c1-2-9-33-11-13-35-14-12-34-10-7-21(26)25-18-3-5-19(6-4-18)36-20-16-17(8-15-37(30,31)32)22(27)24(29)23(20)28/h1,3-6,17,20,22-24,27-29H,7-16H2,(H,25,26)(H2,30,31,32)/t17-,20-,22+,23+,24-/m0/s1. The second kappa shape index (κ2) is 16.0. The number of carbonyl (C=O) groups excluding carboxylic acids is 1. The van der Waals surface area contributed by atoms with Crippen LogP contribution in [0.4, 0.5) is 5.69 Å². The van der Waals surface area contributed by atoms with Crippen LogP contribution in [-0.2, 0) is 23.6 Å². The molecule has 1 fully saturated rings. The molecule has 0 aromatic heterocycles. The van der Waals surface area contributed by atoms with Gasteiger partial charge in [-0.05, 0) is 43.0 Å². The van der Waals surface area contributed by atoms with Crippen LogP contribution in [0.1, 0.15) is 19.3 Å². The number of rotatable bonds is 16. The highest BCUT2D eigenvalue weighted by Crippen LogP contribution is 2.39. The Balaban J connectivity index is 1.71. The van der Waals surface area contributed by atoms with Gasteiger partial charge in [-0.1, -0.05) is 5.92 Å². The molecule has 0 unspecified atom stereocenters. The summed E-state index contributed by atoms with van der Waals surface area (Å²) in [5, 5.41) is 33.4. The van der Waals surface area contributed by atoms with Crippen LogP contribution in [0.2, 0.25) is 0 Å². The number of amides is 1. The van der Waals surface area contributed by atoms with E-state index in [9.17, 15) is 24.7 Å². The maximum Gasteiger partial charge on any atom is 0.325 e. The quantitative estimate of drug-likeness (QED) is 0.0942. The van der Waals surface area contributed by atoms with Crippen molar-refractivity contribution in [2.45, 2.75) is 43.7 Å². The molecular weight excluding hydrogens is 509 g/mol. The van der Waals surface area contributed by atoms with E-state index in [-0.39, 0.29) is 38.4 Å². The molecule has 0 heterocycles. The lowest BCUT2D eigenvalue weighted by Crippen LogP contribution is -2.55. The van der Waals surface area contributed by atoms with Gasteiger partial charge in [-0.25, -0.2) is 0 Å². The Labute approximate surface area is 216 Å². The predicted octanol–water partition coefficient (Wildman–Crippen LogP) is 0.116. The molecular formula is C24H36NO11P. The smallest absolute Gasteiger partial charge is 0.325 e. The van der Waals surface area contributed by atoms with Crippen LogP contribution in [0.5, 0.6) is 5.75 Å². The number of hydrogen-bond donors (Lipinski definition) is 6. The fourth-order valence-corrected chi connectivity index (χ4v) is 4.44. The molecule has 5 atom stereocenters. The number of carbonyl (C=O) groups is 1. The number of aliphatic hydroxyl groups is 3. The van der Waals surface area contributed by atoms with Gasteiger partial charge < -0.3 is 49.4 Å². The minimum atomic E-state index is -4.27. The molecule has 1 aliphatic rings. The Morgan fingerprint density at radius 3 is 2.22 bits per heavy atom. The Morgan fingerprint density at radius 2 is 1.59 bits per heavy atom. The van der Waals surface area contributed by atoms with Gasteiger partial charge >= 0.3 is 7.60 Å². The maximum atomic E-state index is 12.1. The molecule has 1 aromatic carbocycles. The summed E-state index contributed by atoms with van der Waals surface area (Å²) < 4.78 is 32.7. The Kier molecular flexibility index (Phi) is 13.5. The number of anilines is 1. The van der Waals surface area contributed by atoms with Crippen LogP contribution in [0.25, 0.3) is 0 Å². The number of ether oxygens (including phenoxy) is 4. The Bertz CT molecular complexity index is 901. The molecule has 208 valence electrons. The van der Waals surface area contributed by atoms with E-state index in [1.165, 1.54) is 0 Å². The van der Waals surface area contributed by atoms with Crippen molar-refractivity contribution in [2.24, 2.45) is 5.92 Å². The van der Waals surface area contributed by atoms with Crippen molar-refractivity contribution in [3.8, 4) is 18.1 Å². The van der Waals surface area contributed by atoms with Gasteiger partial charge in [-0.3, -0.25) is 9.36 Å². The summed E-state index contributed by atoms with van der Waals surface area (Å²) in [7, 11) is -4.27. The lowest BCUT2D eigenvalue weighted by Gasteiger charge is -2.40. The summed E-state index contributed by atoms with van der Waals surface area (Å²) in [6.45, 7) is 1.99. The molecule has 37 heavy (non-hydrogen) atoms. The van der Waals surface area contributed by atoms with Gasteiger partial charge in [0.05, 0.1) is 51.7 Å². The largest absolute Gasteiger partial charge is 0.488 e. The van der Waals surface area contributed by atoms with E-state index in [4.69, 9.17) is 35.2 Å². The van der Waals surface area contributed by atoms with E-state index < -0.39 is 44.1 Å². The number of terminal acetylenes is 1. The first kappa shape index (κ1) is 31.2. The van der Waals surface area contributed by atoms with Crippen molar-refractivity contribution >= 4 is 19.2 Å². The minimum absolute atomic E-state index is 0.0289. The number of aliphatic hydroxyl groups excluding tert-OH is 3. The van der Waals surface area contributed by atoms with Crippen LogP contribution < -0.4 is 10.1 Å². The zero-order chi connectivity index (χ0) is 27.3. The van der Waals surface area contributed by atoms with Crippen LogP contribution >= 0.6 is 7.60 Å². The molecule has 0 saturated heterocycles. The summed E-state index contributed by atoms with van der Waals surface area (Å²) in [5.74, 6) is 1.81. The molecule has 0 spiro atoms. The van der Waals surface area contributed by atoms with Crippen LogP contribution in [0.15, 0.2) is 24.3 Å². The zero-order valence-electron chi connectivity index (χ0n) is 20.5. The fraction of sp³-hybridized carbons (Fsp3) is 0.625. The highest BCUT2D eigenvalue weighted by atomic mass is 31.2. The molecule has 13 heteroatoms. The van der Waals surface area contributed by atoms with Crippen LogP contribution in [0.3, 0.4) is 0 Å². The van der Waals surface area contributed by atoms with E-state index in [1.807, 2.05) is 0 Å². The van der Waals surface area contributed by atoms with E-state index in [1.54, 1.807) is 24.3 Å². The van der Waals surface area contributed by atoms with E-state index in [2.05, 4.69) is 11.2 Å². The average molecular weight is 546 g/mol. The van der Waals surface area contributed by atoms with Crippen molar-refractivity contribution in [1.29, 1.82) is 0 Å². The van der Waals surface area contributed by atoms with Crippen molar-refractivity contribution in [3.05, 3.63) is 24.3 Å². The molecule has 1 amide bonds. The second-order valence-electron chi connectivity index (χ2n) is 8.60. The van der Waals surface area contributed by atoms with Crippen LogP contribution in [-0.4, -0.2) is 101 Å². The van der Waals surface area contributed by atoms with E-state index in [0.29, 0.717) is 37.9 Å². The van der Waals surface area contributed by atoms with E-state index >= 15 is 0 Å². The van der Waals surface area contributed by atoms with Crippen molar-refractivity contribution in [3.63, 3.8) is 0 Å². The first-order chi connectivity index (χ1) is 17.6. The van der Waals surface area contributed by atoms with Gasteiger partial charge in [0.2, 0.25) is 5.91 Å². The van der Waals surface area contributed by atoms with Crippen LogP contribution in [0, 0.1) is 18.3 Å². The number of hydrogen-bond acceptors (Lipinski definition) is 9. The Hall–Kier alpha value is -2.04. The van der Waals surface area contributed by atoms with Gasteiger partial charge in [-0.2, -0.15) is 0 Å². The SMILES string of the molecule is C#CCOCCOCCOCCC(=O)Nc1ccc(O[C@H]2C[C@H](CCP(=O)(O)O)[C@@H](O)[C@H](O)[C@@H]2O)cc1. The molecule has 0 radical (unpaired) electrons. The summed E-state index contributed by atoms with van der Waals surface area (Å²) in [6.07, 6.45) is -0.279. The molecule has 1 aliphatic carbocycles. The lowest BCUT2D eigenvalue weighted by molar-refractivity contribution is -0.151. The molecule has 0 aliphatic heterocycles. The molecule has 1 saturated carbocycles. The average Bonchev–Trinajstić information content (AvgIpc) is 2.85. The monoisotopic (exact) mass is 545 g/mol. The molecule has 1 aromatic rings. The zero-order valence-corrected chi connectivity index (χ0v) is 21.4. The molecule has 6 N–H and O–H groups in total. The topological polar surface area (TPSA) is 184 Å². The second-order valence-corrected chi connectivity index (χ2v) is 10.4.